The molecule has 2 N–H and O–H groups in total. The van der Waals surface area contributed by atoms with Crippen LogP contribution in [-0.4, -0.2) is 39.9 Å². The summed E-state index contributed by atoms with van der Waals surface area (Å²) in [7, 11) is -3.54. The van der Waals surface area contributed by atoms with Gasteiger partial charge in [0.15, 0.2) is 0 Å². The van der Waals surface area contributed by atoms with E-state index in [0.717, 1.165) is 19.4 Å². The van der Waals surface area contributed by atoms with Crippen molar-refractivity contribution < 1.29 is 18.3 Å². The Morgan fingerprint density at radius 3 is 3.00 bits per heavy atom. The van der Waals surface area contributed by atoms with Gasteiger partial charge in [-0.1, -0.05) is 17.9 Å². The predicted octanol–water partition coefficient (Wildman–Crippen LogP) is 0.735. The maximum Gasteiger partial charge on any atom is 0.240 e. The van der Waals surface area contributed by atoms with E-state index in [1.54, 1.807) is 12.1 Å². The van der Waals surface area contributed by atoms with Crippen LogP contribution in [0, 0.1) is 17.8 Å². The molecule has 0 aromatic heterocycles. The first kappa shape index (κ1) is 16.0. The lowest BCUT2D eigenvalue weighted by molar-refractivity contribution is 0.0568. The van der Waals surface area contributed by atoms with E-state index in [1.807, 2.05) is 0 Å². The molecule has 0 bridgehead atoms. The van der Waals surface area contributed by atoms with Crippen molar-refractivity contribution in [2.24, 2.45) is 5.92 Å². The second-order valence-corrected chi connectivity index (χ2v) is 6.69. The molecule has 1 heterocycles. The number of hydrogen-bond donors (Lipinski definition) is 2. The molecule has 1 fully saturated rings. The molecule has 1 aliphatic heterocycles. The number of rotatable bonds is 4. The minimum atomic E-state index is -3.54. The molecule has 1 unspecified atom stereocenters. The van der Waals surface area contributed by atoms with E-state index in [-0.39, 0.29) is 17.4 Å². The van der Waals surface area contributed by atoms with E-state index in [0.29, 0.717) is 18.7 Å². The van der Waals surface area contributed by atoms with Gasteiger partial charge in [0, 0.05) is 18.7 Å². The minimum Gasteiger partial charge on any atom is -0.384 e. The fraction of sp³-hybridized carbons (Fsp3) is 0.467. The first-order valence-electron chi connectivity index (χ1n) is 6.89. The Morgan fingerprint density at radius 2 is 2.29 bits per heavy atom. The summed E-state index contributed by atoms with van der Waals surface area (Å²) in [5.74, 6) is 5.43. The van der Waals surface area contributed by atoms with Gasteiger partial charge in [-0.3, -0.25) is 0 Å². The summed E-state index contributed by atoms with van der Waals surface area (Å²) in [6.07, 6.45) is 1.95. The topological polar surface area (TPSA) is 75.6 Å². The third kappa shape index (κ3) is 4.83. The fourth-order valence-electron chi connectivity index (χ4n) is 2.16. The van der Waals surface area contributed by atoms with Crippen LogP contribution < -0.4 is 4.72 Å². The van der Waals surface area contributed by atoms with Gasteiger partial charge in [0.2, 0.25) is 10.0 Å². The number of aliphatic hydroxyl groups excluding tert-OH is 1. The van der Waals surface area contributed by atoms with E-state index < -0.39 is 10.0 Å². The SMILES string of the molecule is O=S(=O)(NCC1CCCOC1)c1cccc(C#CCO)c1. The Bertz CT molecular complexity index is 625. The van der Waals surface area contributed by atoms with Crippen molar-refractivity contribution in [2.75, 3.05) is 26.4 Å². The van der Waals surface area contributed by atoms with Gasteiger partial charge >= 0.3 is 0 Å². The number of aliphatic hydroxyl groups is 1. The molecule has 1 saturated heterocycles. The predicted molar refractivity (Wildman–Crippen MR) is 79.1 cm³/mol. The van der Waals surface area contributed by atoms with Crippen molar-refractivity contribution >= 4 is 10.0 Å². The molecule has 1 aliphatic rings. The van der Waals surface area contributed by atoms with Crippen LogP contribution in [0.4, 0.5) is 0 Å². The highest BCUT2D eigenvalue weighted by atomic mass is 32.2. The maximum atomic E-state index is 12.3. The van der Waals surface area contributed by atoms with Crippen LogP contribution in [0.1, 0.15) is 18.4 Å². The lowest BCUT2D eigenvalue weighted by Crippen LogP contribution is -2.33. The first-order chi connectivity index (χ1) is 10.1. The van der Waals surface area contributed by atoms with Crippen molar-refractivity contribution in [1.29, 1.82) is 0 Å². The summed E-state index contributed by atoms with van der Waals surface area (Å²) in [6, 6.07) is 6.38. The van der Waals surface area contributed by atoms with Gasteiger partial charge < -0.3 is 9.84 Å². The highest BCUT2D eigenvalue weighted by Gasteiger charge is 2.19. The molecule has 0 amide bonds. The van der Waals surface area contributed by atoms with Crippen molar-refractivity contribution in [3.8, 4) is 11.8 Å². The van der Waals surface area contributed by atoms with E-state index in [4.69, 9.17) is 9.84 Å². The zero-order valence-corrected chi connectivity index (χ0v) is 12.5. The lowest BCUT2D eigenvalue weighted by atomic mass is 10.0. The Morgan fingerprint density at radius 1 is 1.43 bits per heavy atom. The molecular formula is C15H19NO4S. The van der Waals surface area contributed by atoms with Crippen molar-refractivity contribution in [3.05, 3.63) is 29.8 Å². The Kier molecular flexibility index (Phi) is 5.76. The second-order valence-electron chi connectivity index (χ2n) is 4.92. The Balaban J connectivity index is 2.04. The molecule has 6 heteroatoms. The van der Waals surface area contributed by atoms with Crippen LogP contribution in [0.2, 0.25) is 0 Å². The van der Waals surface area contributed by atoms with Crippen LogP contribution in [0.3, 0.4) is 0 Å². The Hall–Kier alpha value is -1.39. The molecular weight excluding hydrogens is 290 g/mol. The maximum absolute atomic E-state index is 12.3. The van der Waals surface area contributed by atoms with Gasteiger partial charge in [-0.15, -0.1) is 0 Å². The van der Waals surface area contributed by atoms with Crippen LogP contribution in [0.5, 0.6) is 0 Å². The quantitative estimate of drug-likeness (QED) is 0.804. The summed E-state index contributed by atoms with van der Waals surface area (Å²) in [4.78, 5) is 0.184. The standard InChI is InChI=1S/C15H19NO4S/c17-8-2-5-13-4-1-7-15(10-13)21(18,19)16-11-14-6-3-9-20-12-14/h1,4,7,10,14,16-17H,3,6,8-9,11-12H2. The van der Waals surface area contributed by atoms with E-state index in [2.05, 4.69) is 16.6 Å². The number of sulfonamides is 1. The molecule has 0 saturated carbocycles. The molecule has 1 aromatic rings. The molecule has 1 aromatic carbocycles. The third-order valence-corrected chi connectivity index (χ3v) is 4.69. The molecule has 0 spiro atoms. The third-order valence-electron chi connectivity index (χ3n) is 3.27. The summed E-state index contributed by atoms with van der Waals surface area (Å²) in [6.45, 7) is 1.49. The van der Waals surface area contributed by atoms with E-state index in [9.17, 15) is 8.42 Å². The highest BCUT2D eigenvalue weighted by molar-refractivity contribution is 7.89. The monoisotopic (exact) mass is 309 g/mol. The summed E-state index contributed by atoms with van der Waals surface area (Å²) < 4.78 is 32.5. The lowest BCUT2D eigenvalue weighted by Gasteiger charge is -2.22. The highest BCUT2D eigenvalue weighted by Crippen LogP contribution is 2.15. The normalized spacial score (nSPS) is 18.8. The largest absolute Gasteiger partial charge is 0.384 e. The summed E-state index contributed by atoms with van der Waals surface area (Å²) in [5.41, 5.74) is 0.563. The molecule has 21 heavy (non-hydrogen) atoms. The van der Waals surface area contributed by atoms with Gasteiger partial charge in [0.1, 0.15) is 6.61 Å². The smallest absolute Gasteiger partial charge is 0.240 e. The van der Waals surface area contributed by atoms with E-state index in [1.165, 1.54) is 12.1 Å². The summed E-state index contributed by atoms with van der Waals surface area (Å²) >= 11 is 0. The van der Waals surface area contributed by atoms with Crippen LogP contribution in [0.25, 0.3) is 0 Å². The van der Waals surface area contributed by atoms with Crippen LogP contribution >= 0.6 is 0 Å². The van der Waals surface area contributed by atoms with Crippen molar-refractivity contribution in [3.63, 3.8) is 0 Å². The van der Waals surface area contributed by atoms with Gasteiger partial charge in [-0.2, -0.15) is 0 Å². The first-order valence-corrected chi connectivity index (χ1v) is 8.37. The summed E-state index contributed by atoms with van der Waals surface area (Å²) in [5, 5.41) is 8.67. The zero-order valence-electron chi connectivity index (χ0n) is 11.7. The Labute approximate surface area is 125 Å². The van der Waals surface area contributed by atoms with Gasteiger partial charge in [0.25, 0.3) is 0 Å². The number of hydrogen-bond acceptors (Lipinski definition) is 4. The molecule has 114 valence electrons. The molecule has 2 rings (SSSR count). The van der Waals surface area contributed by atoms with Gasteiger partial charge in [0.05, 0.1) is 11.5 Å². The number of benzene rings is 1. The minimum absolute atomic E-state index is 0.184. The average molecular weight is 309 g/mol. The number of ether oxygens (including phenoxy) is 1. The molecule has 5 nitrogen and oxygen atoms in total. The van der Waals surface area contributed by atoms with Crippen molar-refractivity contribution in [1.82, 2.24) is 4.72 Å². The van der Waals surface area contributed by atoms with Crippen LogP contribution in [0.15, 0.2) is 29.2 Å². The molecule has 1 atom stereocenters. The van der Waals surface area contributed by atoms with Gasteiger partial charge in [-0.05, 0) is 37.0 Å². The zero-order chi connectivity index (χ0) is 15.1. The van der Waals surface area contributed by atoms with Crippen LogP contribution in [-0.2, 0) is 14.8 Å². The fourth-order valence-corrected chi connectivity index (χ4v) is 3.32. The number of nitrogens with one attached hydrogen (secondary N) is 1. The molecule has 0 radical (unpaired) electrons. The van der Waals surface area contributed by atoms with Crippen molar-refractivity contribution in [2.45, 2.75) is 17.7 Å². The van der Waals surface area contributed by atoms with Gasteiger partial charge in [-0.25, -0.2) is 13.1 Å². The second kappa shape index (κ2) is 7.57. The molecule has 0 aliphatic carbocycles. The van der Waals surface area contributed by atoms with E-state index >= 15 is 0 Å². The average Bonchev–Trinajstić information content (AvgIpc) is 2.52.